The quantitative estimate of drug-likeness (QED) is 0.651. The minimum atomic E-state index is 0.308. The van der Waals surface area contributed by atoms with Crippen LogP contribution in [0.2, 0.25) is 0 Å². The molecule has 0 aromatic carbocycles. The molecule has 1 aliphatic rings. The molecule has 1 fully saturated rings. The van der Waals surface area contributed by atoms with Crippen molar-refractivity contribution in [2.45, 2.75) is 45.1 Å². The van der Waals surface area contributed by atoms with E-state index in [4.69, 9.17) is 5.11 Å². The lowest BCUT2D eigenvalue weighted by atomic mass is 9.91. The second kappa shape index (κ2) is 6.86. The van der Waals surface area contributed by atoms with Gasteiger partial charge >= 0.3 is 0 Å². The van der Waals surface area contributed by atoms with Crippen molar-refractivity contribution in [2.24, 2.45) is 0 Å². The van der Waals surface area contributed by atoms with E-state index in [0.29, 0.717) is 6.61 Å². The van der Waals surface area contributed by atoms with Crippen molar-refractivity contribution in [3.8, 4) is 11.8 Å². The van der Waals surface area contributed by atoms with Gasteiger partial charge in [0.15, 0.2) is 0 Å². The van der Waals surface area contributed by atoms with E-state index in [1.807, 2.05) is 6.92 Å². The average Bonchev–Trinajstić information content (AvgIpc) is 2.11. The maximum atomic E-state index is 8.80. The third kappa shape index (κ3) is 3.69. The molecule has 0 saturated heterocycles. The van der Waals surface area contributed by atoms with Crippen molar-refractivity contribution in [3.05, 3.63) is 0 Å². The molecule has 80 valence electrons. The van der Waals surface area contributed by atoms with Crippen LogP contribution in [0.15, 0.2) is 0 Å². The van der Waals surface area contributed by atoms with E-state index in [9.17, 15) is 0 Å². The summed E-state index contributed by atoms with van der Waals surface area (Å²) in [5.74, 6) is 6.03. The number of hydrogen-bond donors (Lipinski definition) is 1. The fourth-order valence-corrected chi connectivity index (χ4v) is 1.83. The Morgan fingerprint density at radius 1 is 1.36 bits per heavy atom. The highest BCUT2D eigenvalue weighted by Gasteiger charge is 2.23. The molecule has 1 aliphatic carbocycles. The molecule has 0 amide bonds. The molecule has 1 rings (SSSR count). The summed E-state index contributed by atoms with van der Waals surface area (Å²) in [5, 5.41) is 8.80. The van der Waals surface area contributed by atoms with Crippen molar-refractivity contribution < 1.29 is 5.11 Å². The molecule has 0 aliphatic heterocycles. The van der Waals surface area contributed by atoms with Gasteiger partial charge in [0.1, 0.15) is 0 Å². The molecule has 2 heteroatoms. The first-order chi connectivity index (χ1) is 6.88. The van der Waals surface area contributed by atoms with Crippen LogP contribution < -0.4 is 0 Å². The predicted octanol–water partition coefficient (Wildman–Crippen LogP) is 1.64. The second-order valence-electron chi connectivity index (χ2n) is 3.87. The summed E-state index contributed by atoms with van der Waals surface area (Å²) in [6.45, 7) is 4.31. The van der Waals surface area contributed by atoms with Crippen molar-refractivity contribution in [1.29, 1.82) is 0 Å². The third-order valence-electron chi connectivity index (χ3n) is 2.90. The van der Waals surface area contributed by atoms with Gasteiger partial charge in [0.2, 0.25) is 0 Å². The second-order valence-corrected chi connectivity index (χ2v) is 3.87. The molecule has 0 bridgehead atoms. The summed E-state index contributed by atoms with van der Waals surface area (Å²) in [5.41, 5.74) is 0. The Bertz CT molecular complexity index is 200. The van der Waals surface area contributed by atoms with E-state index in [1.54, 1.807) is 0 Å². The van der Waals surface area contributed by atoms with Gasteiger partial charge in [0.05, 0.1) is 0 Å². The first-order valence-corrected chi connectivity index (χ1v) is 5.63. The molecule has 1 N–H and O–H groups in total. The van der Waals surface area contributed by atoms with Gasteiger partial charge in [-0.15, -0.1) is 11.8 Å². The summed E-state index contributed by atoms with van der Waals surface area (Å²) < 4.78 is 0. The minimum absolute atomic E-state index is 0.308. The Labute approximate surface area is 87.3 Å². The Hall–Kier alpha value is -0.520. The highest BCUT2D eigenvalue weighted by molar-refractivity contribution is 4.96. The summed E-state index contributed by atoms with van der Waals surface area (Å²) in [4.78, 5) is 2.49. The molecule has 1 saturated carbocycles. The fourth-order valence-electron chi connectivity index (χ4n) is 1.83. The van der Waals surface area contributed by atoms with Crippen molar-refractivity contribution in [3.63, 3.8) is 0 Å². The van der Waals surface area contributed by atoms with Crippen LogP contribution in [0, 0.1) is 11.8 Å². The molecule has 0 unspecified atom stereocenters. The zero-order chi connectivity index (χ0) is 10.2. The van der Waals surface area contributed by atoms with Gasteiger partial charge in [0.25, 0.3) is 0 Å². The highest BCUT2D eigenvalue weighted by atomic mass is 16.3. The van der Waals surface area contributed by atoms with Crippen molar-refractivity contribution >= 4 is 0 Å². The van der Waals surface area contributed by atoms with Crippen LogP contribution in [-0.4, -0.2) is 35.7 Å². The van der Waals surface area contributed by atoms with Crippen LogP contribution in [0.5, 0.6) is 0 Å². The first-order valence-electron chi connectivity index (χ1n) is 5.63. The van der Waals surface area contributed by atoms with Gasteiger partial charge in [0, 0.05) is 32.2 Å². The van der Waals surface area contributed by atoms with Crippen LogP contribution in [0.3, 0.4) is 0 Å². The van der Waals surface area contributed by atoms with E-state index in [-0.39, 0.29) is 0 Å². The fraction of sp³-hybridized carbons (Fsp3) is 0.833. The highest BCUT2D eigenvalue weighted by Crippen LogP contribution is 2.24. The summed E-state index contributed by atoms with van der Waals surface area (Å²) in [7, 11) is 0. The molecular weight excluding hydrogens is 174 g/mol. The van der Waals surface area contributed by atoms with E-state index >= 15 is 0 Å². The van der Waals surface area contributed by atoms with Crippen LogP contribution in [-0.2, 0) is 0 Å². The number of aliphatic hydroxyl groups excluding tert-OH is 1. The maximum Gasteiger partial charge on any atom is 0.0443 e. The van der Waals surface area contributed by atoms with Gasteiger partial charge in [-0.25, -0.2) is 0 Å². The summed E-state index contributed by atoms with van der Waals surface area (Å²) in [6, 6.07) is 0.778. The number of aliphatic hydroxyl groups is 1. The predicted molar refractivity (Wildman–Crippen MR) is 59.0 cm³/mol. The standard InChI is InChI=1S/C12H21NO/c1-2-3-4-9-13(10-6-11-14)12-7-5-8-12/h12,14H,4-11H2,1H3. The van der Waals surface area contributed by atoms with Crippen molar-refractivity contribution in [2.75, 3.05) is 19.7 Å². The van der Waals surface area contributed by atoms with Gasteiger partial charge in [-0.1, -0.05) is 6.42 Å². The number of hydrogen-bond acceptors (Lipinski definition) is 2. The number of rotatable bonds is 6. The Morgan fingerprint density at radius 3 is 2.64 bits per heavy atom. The Morgan fingerprint density at radius 2 is 2.14 bits per heavy atom. The zero-order valence-corrected chi connectivity index (χ0v) is 9.13. The largest absolute Gasteiger partial charge is 0.396 e. The molecule has 0 radical (unpaired) electrons. The van der Waals surface area contributed by atoms with Crippen LogP contribution in [0.1, 0.15) is 39.0 Å². The monoisotopic (exact) mass is 195 g/mol. The van der Waals surface area contributed by atoms with Crippen LogP contribution >= 0.6 is 0 Å². The minimum Gasteiger partial charge on any atom is -0.396 e. The van der Waals surface area contributed by atoms with E-state index in [0.717, 1.165) is 32.0 Å². The first kappa shape index (κ1) is 11.6. The molecule has 14 heavy (non-hydrogen) atoms. The molecule has 0 spiro atoms. The summed E-state index contributed by atoms with van der Waals surface area (Å²) in [6.07, 6.45) is 5.92. The van der Waals surface area contributed by atoms with Gasteiger partial charge in [-0.2, -0.15) is 0 Å². The summed E-state index contributed by atoms with van der Waals surface area (Å²) >= 11 is 0. The Balaban J connectivity index is 2.22. The maximum absolute atomic E-state index is 8.80. The SMILES string of the molecule is CC#CCCN(CCCO)C1CCC1. The smallest absolute Gasteiger partial charge is 0.0443 e. The molecular formula is C12H21NO. The number of nitrogens with zero attached hydrogens (tertiary/aromatic N) is 1. The Kier molecular flexibility index (Phi) is 5.66. The van der Waals surface area contributed by atoms with Crippen LogP contribution in [0.4, 0.5) is 0 Å². The molecule has 0 atom stereocenters. The molecule has 2 nitrogen and oxygen atoms in total. The zero-order valence-electron chi connectivity index (χ0n) is 9.13. The lowest BCUT2D eigenvalue weighted by Crippen LogP contribution is -2.41. The normalized spacial score (nSPS) is 16.2. The molecule has 0 aromatic rings. The van der Waals surface area contributed by atoms with Gasteiger partial charge < -0.3 is 5.11 Å². The topological polar surface area (TPSA) is 23.5 Å². The molecule has 0 heterocycles. The van der Waals surface area contributed by atoms with E-state index in [2.05, 4.69) is 16.7 Å². The lowest BCUT2D eigenvalue weighted by molar-refractivity contribution is 0.119. The van der Waals surface area contributed by atoms with E-state index in [1.165, 1.54) is 19.3 Å². The molecule has 0 aromatic heterocycles. The lowest BCUT2D eigenvalue weighted by Gasteiger charge is -2.37. The van der Waals surface area contributed by atoms with Gasteiger partial charge in [-0.05, 0) is 26.2 Å². The van der Waals surface area contributed by atoms with Gasteiger partial charge in [-0.3, -0.25) is 4.90 Å². The third-order valence-corrected chi connectivity index (χ3v) is 2.90. The van der Waals surface area contributed by atoms with E-state index < -0.39 is 0 Å². The van der Waals surface area contributed by atoms with Crippen molar-refractivity contribution in [1.82, 2.24) is 4.90 Å². The van der Waals surface area contributed by atoms with Crippen LogP contribution in [0.25, 0.3) is 0 Å². The average molecular weight is 195 g/mol.